The Morgan fingerprint density at radius 1 is 1.08 bits per heavy atom. The monoisotopic (exact) mass is 542 g/mol. The van der Waals surface area contributed by atoms with E-state index in [0.717, 1.165) is 0 Å². The van der Waals surface area contributed by atoms with E-state index in [9.17, 15) is 27.6 Å². The van der Waals surface area contributed by atoms with Crippen LogP contribution >= 0.6 is 0 Å². The van der Waals surface area contributed by atoms with Gasteiger partial charge in [0.05, 0.1) is 5.25 Å². The van der Waals surface area contributed by atoms with E-state index in [1.54, 1.807) is 48.5 Å². The molecule has 0 bridgehead atoms. The van der Waals surface area contributed by atoms with Gasteiger partial charge < -0.3 is 20.3 Å². The van der Waals surface area contributed by atoms with E-state index in [1.165, 1.54) is 11.0 Å². The maximum Gasteiger partial charge on any atom is 0.408 e. The van der Waals surface area contributed by atoms with Gasteiger partial charge in [0, 0.05) is 6.54 Å². The van der Waals surface area contributed by atoms with Gasteiger partial charge in [-0.3, -0.25) is 19.1 Å². The van der Waals surface area contributed by atoms with Gasteiger partial charge in [0.1, 0.15) is 23.2 Å². The molecule has 3 N–H and O–H groups in total. The highest BCUT2D eigenvalue weighted by molar-refractivity contribution is 7.91. The molecule has 2 unspecified atom stereocenters. The van der Waals surface area contributed by atoms with E-state index < -0.39 is 67.7 Å². The van der Waals surface area contributed by atoms with Gasteiger partial charge in [0.2, 0.25) is 21.8 Å². The second-order valence-electron chi connectivity index (χ2n) is 11.8. The number of amides is 4. The van der Waals surface area contributed by atoms with Crippen LogP contribution in [0.25, 0.3) is 0 Å². The number of carbonyl (C=O) groups excluding carboxylic acids is 4. The van der Waals surface area contributed by atoms with Crippen molar-refractivity contribution in [2.45, 2.75) is 109 Å². The Labute approximate surface area is 220 Å². The SMILES string of the molecule is C=CC(CC)(NC(=O)C1CCCN1C(=O)[C@@H](NC(=O)OC(C)(C)C)C(C)(C)C)C(=O)NS(=O)(=O)C1CC1. The molecule has 0 spiro atoms. The number of likely N-dealkylation sites (tertiary alicyclic amines) is 1. The Morgan fingerprint density at radius 3 is 2.14 bits per heavy atom. The van der Waals surface area contributed by atoms with Gasteiger partial charge in [0.15, 0.2) is 0 Å². The lowest BCUT2D eigenvalue weighted by Crippen LogP contribution is -2.63. The van der Waals surface area contributed by atoms with E-state index in [-0.39, 0.29) is 13.0 Å². The number of rotatable bonds is 9. The third kappa shape index (κ3) is 7.68. The number of hydrogen-bond acceptors (Lipinski definition) is 7. The fourth-order valence-corrected chi connectivity index (χ4v) is 5.49. The average Bonchev–Trinajstić information content (AvgIpc) is 3.51. The molecular weight excluding hydrogens is 500 g/mol. The van der Waals surface area contributed by atoms with Crippen LogP contribution in [0.1, 0.15) is 80.6 Å². The molecule has 0 aromatic heterocycles. The lowest BCUT2D eigenvalue weighted by atomic mass is 9.85. The molecule has 37 heavy (non-hydrogen) atoms. The van der Waals surface area contributed by atoms with Crippen molar-refractivity contribution in [1.29, 1.82) is 0 Å². The van der Waals surface area contributed by atoms with Crippen molar-refractivity contribution in [3.05, 3.63) is 12.7 Å². The number of ether oxygens (including phenoxy) is 1. The molecule has 1 saturated heterocycles. The molecule has 2 aliphatic rings. The van der Waals surface area contributed by atoms with Crippen molar-refractivity contribution in [2.24, 2.45) is 5.41 Å². The molecule has 1 aliphatic heterocycles. The molecule has 11 nitrogen and oxygen atoms in total. The Kier molecular flexibility index (Phi) is 9.10. The highest BCUT2D eigenvalue weighted by Gasteiger charge is 2.46. The maximum atomic E-state index is 13.6. The molecule has 0 radical (unpaired) electrons. The zero-order valence-corrected chi connectivity index (χ0v) is 23.8. The Balaban J connectivity index is 2.23. The second-order valence-corrected chi connectivity index (χ2v) is 13.8. The molecule has 0 aromatic rings. The summed E-state index contributed by atoms with van der Waals surface area (Å²) in [7, 11) is -3.84. The molecule has 2 rings (SSSR count). The predicted octanol–water partition coefficient (Wildman–Crippen LogP) is 1.98. The lowest BCUT2D eigenvalue weighted by molar-refractivity contribution is -0.143. The molecule has 210 valence electrons. The summed E-state index contributed by atoms with van der Waals surface area (Å²) < 4.78 is 32.1. The van der Waals surface area contributed by atoms with E-state index in [4.69, 9.17) is 4.74 Å². The standard InChI is InChI=1S/C25H42N4O7S/c1-9-25(10-2,21(32)28-37(34,35)16-13-14-16)27-19(30)17-12-11-15-29(17)20(31)18(23(3,4)5)26-22(33)36-24(6,7)8/h9,16-18H,1,10-15H2,2-8H3,(H,26,33)(H,27,30)(H,28,32)/t17?,18-,25?/m1/s1. The first-order valence-corrected chi connectivity index (χ1v) is 14.2. The van der Waals surface area contributed by atoms with Crippen LogP contribution in [0, 0.1) is 5.41 Å². The van der Waals surface area contributed by atoms with E-state index in [1.807, 2.05) is 0 Å². The number of hydrogen-bond donors (Lipinski definition) is 3. The normalized spacial score (nSPS) is 20.8. The summed E-state index contributed by atoms with van der Waals surface area (Å²) in [6.07, 6.45) is 2.38. The number of sulfonamides is 1. The van der Waals surface area contributed by atoms with Crippen molar-refractivity contribution in [3.63, 3.8) is 0 Å². The molecule has 3 atom stereocenters. The molecule has 12 heteroatoms. The molecule has 1 saturated carbocycles. The summed E-state index contributed by atoms with van der Waals surface area (Å²) in [5.74, 6) is -1.94. The molecule has 1 heterocycles. The van der Waals surface area contributed by atoms with Gasteiger partial charge in [0.25, 0.3) is 5.91 Å². The van der Waals surface area contributed by atoms with E-state index >= 15 is 0 Å². The van der Waals surface area contributed by atoms with Gasteiger partial charge in [-0.2, -0.15) is 0 Å². The summed E-state index contributed by atoms with van der Waals surface area (Å²) in [6, 6.07) is -1.88. The summed E-state index contributed by atoms with van der Waals surface area (Å²) in [5, 5.41) is 4.69. The molecule has 4 amide bonds. The minimum atomic E-state index is -3.84. The number of alkyl carbamates (subject to hydrolysis) is 1. The van der Waals surface area contributed by atoms with Gasteiger partial charge in [-0.15, -0.1) is 6.58 Å². The van der Waals surface area contributed by atoms with Crippen molar-refractivity contribution >= 4 is 33.8 Å². The van der Waals surface area contributed by atoms with Crippen LogP contribution in [0.3, 0.4) is 0 Å². The van der Waals surface area contributed by atoms with Crippen LogP contribution in [-0.4, -0.2) is 72.2 Å². The zero-order valence-electron chi connectivity index (χ0n) is 23.0. The van der Waals surface area contributed by atoms with Crippen molar-refractivity contribution < 1.29 is 32.3 Å². The van der Waals surface area contributed by atoms with Crippen LogP contribution in [0.5, 0.6) is 0 Å². The van der Waals surface area contributed by atoms with Crippen LogP contribution < -0.4 is 15.4 Å². The van der Waals surface area contributed by atoms with Crippen LogP contribution in [0.4, 0.5) is 4.79 Å². The highest BCUT2D eigenvalue weighted by atomic mass is 32.2. The smallest absolute Gasteiger partial charge is 0.408 e. The average molecular weight is 543 g/mol. The number of nitrogens with zero attached hydrogens (tertiary/aromatic N) is 1. The maximum absolute atomic E-state index is 13.6. The van der Waals surface area contributed by atoms with Gasteiger partial charge in [-0.05, 0) is 58.3 Å². The topological polar surface area (TPSA) is 151 Å². The van der Waals surface area contributed by atoms with Crippen LogP contribution in [0.15, 0.2) is 12.7 Å². The zero-order chi connectivity index (χ0) is 28.4. The van der Waals surface area contributed by atoms with Crippen molar-refractivity contribution in [2.75, 3.05) is 6.54 Å². The number of nitrogens with one attached hydrogen (secondary N) is 3. The fraction of sp³-hybridized carbons (Fsp3) is 0.760. The summed E-state index contributed by atoms with van der Waals surface area (Å²) in [6.45, 7) is 16.1. The first-order valence-electron chi connectivity index (χ1n) is 12.7. The highest BCUT2D eigenvalue weighted by Crippen LogP contribution is 2.29. The Bertz CT molecular complexity index is 1020. The summed E-state index contributed by atoms with van der Waals surface area (Å²) in [5.41, 5.74) is -3.12. The van der Waals surface area contributed by atoms with Crippen LogP contribution in [0.2, 0.25) is 0 Å². The summed E-state index contributed by atoms with van der Waals surface area (Å²) >= 11 is 0. The van der Waals surface area contributed by atoms with Gasteiger partial charge in [-0.1, -0.05) is 33.8 Å². The van der Waals surface area contributed by atoms with Crippen molar-refractivity contribution in [1.82, 2.24) is 20.3 Å². The van der Waals surface area contributed by atoms with Gasteiger partial charge in [-0.25, -0.2) is 13.2 Å². The third-order valence-corrected chi connectivity index (χ3v) is 8.29. The number of carbonyl (C=O) groups is 4. The fourth-order valence-electron chi connectivity index (χ4n) is 4.12. The lowest BCUT2D eigenvalue weighted by Gasteiger charge is -2.37. The molecule has 1 aliphatic carbocycles. The molecular formula is C25H42N4O7S. The second kappa shape index (κ2) is 11.0. The Hall–Kier alpha value is -2.63. The van der Waals surface area contributed by atoms with Crippen LogP contribution in [-0.2, 0) is 29.1 Å². The summed E-state index contributed by atoms with van der Waals surface area (Å²) in [4.78, 5) is 53.9. The van der Waals surface area contributed by atoms with Crippen molar-refractivity contribution in [3.8, 4) is 0 Å². The predicted molar refractivity (Wildman–Crippen MR) is 139 cm³/mol. The first-order chi connectivity index (χ1) is 16.9. The van der Waals surface area contributed by atoms with Gasteiger partial charge >= 0.3 is 6.09 Å². The molecule has 0 aromatic carbocycles. The minimum Gasteiger partial charge on any atom is -0.444 e. The first kappa shape index (κ1) is 30.6. The van der Waals surface area contributed by atoms with E-state index in [2.05, 4.69) is 21.9 Å². The molecule has 2 fully saturated rings. The minimum absolute atomic E-state index is 0.0553. The largest absolute Gasteiger partial charge is 0.444 e. The van der Waals surface area contributed by atoms with E-state index in [0.29, 0.717) is 25.7 Å². The quantitative estimate of drug-likeness (QED) is 0.377. The Morgan fingerprint density at radius 2 is 1.68 bits per heavy atom. The third-order valence-electron chi connectivity index (χ3n) is 6.47.